The number of benzene rings is 2. The van der Waals surface area contributed by atoms with Crippen molar-refractivity contribution in [1.82, 2.24) is 9.88 Å². The minimum absolute atomic E-state index is 0.0410. The van der Waals surface area contributed by atoms with Crippen molar-refractivity contribution in [3.05, 3.63) is 87.3 Å². The fourth-order valence-electron chi connectivity index (χ4n) is 5.74. The number of cyclic esters (lactones) is 1. The molecule has 1 N–H and O–H groups in total. The Labute approximate surface area is 271 Å². The number of carbonyl (C=O) groups is 2. The minimum Gasteiger partial charge on any atom is -0.478 e. The predicted octanol–water partition coefficient (Wildman–Crippen LogP) is 9.60. The highest BCUT2D eigenvalue weighted by Gasteiger charge is 2.55. The smallest absolute Gasteiger partial charge is 0.416 e. The van der Waals surface area contributed by atoms with Gasteiger partial charge in [0.2, 0.25) is 0 Å². The summed E-state index contributed by atoms with van der Waals surface area (Å²) < 4.78 is 129. The number of carbonyl (C=O) groups excluding carboxylic acids is 1. The number of aromatic carboxylic acids is 1. The summed E-state index contributed by atoms with van der Waals surface area (Å²) in [5.74, 6) is -1.14. The van der Waals surface area contributed by atoms with Gasteiger partial charge in [-0.05, 0) is 74.2 Å². The van der Waals surface area contributed by atoms with E-state index in [1.54, 1.807) is 12.3 Å². The van der Waals surface area contributed by atoms with Gasteiger partial charge in [-0.3, -0.25) is 4.90 Å². The van der Waals surface area contributed by atoms with Crippen LogP contribution in [-0.4, -0.2) is 51.6 Å². The van der Waals surface area contributed by atoms with Crippen LogP contribution in [0.25, 0.3) is 21.8 Å². The number of halogens is 9. The molecule has 2 heterocycles. The molecule has 1 aromatic heterocycles. The zero-order chi connectivity index (χ0) is 35.6. The average Bonchev–Trinajstić information content (AvgIpc) is 3.56. The lowest BCUT2D eigenvalue weighted by molar-refractivity contribution is -0.201. The maximum Gasteiger partial charge on any atom is 0.416 e. The second-order valence-corrected chi connectivity index (χ2v) is 12.7. The molecule has 16 heteroatoms. The largest absolute Gasteiger partial charge is 0.478 e. The van der Waals surface area contributed by atoms with E-state index in [9.17, 15) is 54.2 Å². The molecule has 1 fully saturated rings. The summed E-state index contributed by atoms with van der Waals surface area (Å²) in [6.07, 6.45) is -18.0. The van der Waals surface area contributed by atoms with E-state index in [1.807, 2.05) is 0 Å². The number of hydrogen-bond acceptors (Lipinski definition) is 5. The Bertz CT molecular complexity index is 1840. The van der Waals surface area contributed by atoms with Crippen molar-refractivity contribution in [2.24, 2.45) is 5.41 Å². The lowest BCUT2D eigenvalue weighted by Crippen LogP contribution is -2.40. The SMILES string of the molecule is Cc1cc(C(=O)O)ccc1-c1csc(-c2ccc(C(F)(F)F)cc2CN2C(=O)O[C@H](C3=CC(C(F)(F)F)=CC(C)(C(F)(F)F)C3)C2C)n1. The van der Waals surface area contributed by atoms with Crippen LogP contribution in [-0.2, 0) is 17.5 Å². The van der Waals surface area contributed by atoms with Crippen LogP contribution in [0, 0.1) is 12.3 Å². The number of hydrogen-bond donors (Lipinski definition) is 1. The Kier molecular flexibility index (Phi) is 8.72. The van der Waals surface area contributed by atoms with Crippen molar-refractivity contribution in [2.75, 3.05) is 0 Å². The van der Waals surface area contributed by atoms with Crippen LogP contribution >= 0.6 is 11.3 Å². The third-order valence-electron chi connectivity index (χ3n) is 8.38. The molecule has 2 aliphatic rings. The molecular weight excluding hydrogens is 679 g/mol. The first-order chi connectivity index (χ1) is 22.1. The van der Waals surface area contributed by atoms with E-state index in [1.165, 1.54) is 25.1 Å². The molecule has 6 nitrogen and oxygen atoms in total. The van der Waals surface area contributed by atoms with Crippen LogP contribution < -0.4 is 0 Å². The Hall–Kier alpha value is -4.34. The van der Waals surface area contributed by atoms with Gasteiger partial charge in [0.25, 0.3) is 0 Å². The summed E-state index contributed by atoms with van der Waals surface area (Å²) in [5, 5.41) is 11.1. The summed E-state index contributed by atoms with van der Waals surface area (Å²) >= 11 is 1.06. The summed E-state index contributed by atoms with van der Waals surface area (Å²) in [5.41, 5.74) is -4.28. The molecule has 3 aromatic rings. The van der Waals surface area contributed by atoms with E-state index in [2.05, 4.69) is 4.98 Å². The van der Waals surface area contributed by atoms with Gasteiger partial charge in [-0.15, -0.1) is 11.3 Å². The summed E-state index contributed by atoms with van der Waals surface area (Å²) in [4.78, 5) is 29.9. The Morgan fingerprint density at radius 2 is 1.71 bits per heavy atom. The zero-order valence-electron chi connectivity index (χ0n) is 25.1. The molecule has 48 heavy (non-hydrogen) atoms. The number of allylic oxidation sites excluding steroid dienone is 3. The van der Waals surface area contributed by atoms with Crippen molar-refractivity contribution in [1.29, 1.82) is 0 Å². The first-order valence-corrected chi connectivity index (χ1v) is 15.0. The fraction of sp³-hybridized carbons (Fsp3) is 0.344. The average molecular weight is 705 g/mol. The maximum atomic E-state index is 13.9. The zero-order valence-corrected chi connectivity index (χ0v) is 26.0. The number of aryl methyl sites for hydroxylation is 1. The van der Waals surface area contributed by atoms with Crippen LogP contribution in [0.5, 0.6) is 0 Å². The van der Waals surface area contributed by atoms with Gasteiger partial charge in [0, 0.05) is 16.5 Å². The van der Waals surface area contributed by atoms with Crippen LogP contribution in [0.2, 0.25) is 0 Å². The highest BCUT2D eigenvalue weighted by molar-refractivity contribution is 7.13. The van der Waals surface area contributed by atoms with Gasteiger partial charge < -0.3 is 9.84 Å². The minimum atomic E-state index is -5.14. The fourth-order valence-corrected chi connectivity index (χ4v) is 6.62. The standard InChI is InChI=1S/C32H25F9N2O4S/c1-15-8-17(27(44)45)4-6-22(15)24-14-48-26(42-24)23-7-5-20(30(33,34)35)10-19(23)13-43-16(2)25(47-28(43)46)18-9-21(31(36,37)38)12-29(3,11-18)32(39,40)41/h4-10,12,14,16,25H,11,13H2,1-3H3,(H,44,45)/t16?,25-,29?/m0/s1. The van der Waals surface area contributed by atoms with Gasteiger partial charge in [0.15, 0.2) is 0 Å². The van der Waals surface area contributed by atoms with E-state index in [-0.39, 0.29) is 27.8 Å². The third-order valence-corrected chi connectivity index (χ3v) is 9.25. The van der Waals surface area contributed by atoms with Gasteiger partial charge in [-0.2, -0.15) is 39.5 Å². The monoisotopic (exact) mass is 704 g/mol. The van der Waals surface area contributed by atoms with Crippen LogP contribution in [0.15, 0.2) is 65.1 Å². The van der Waals surface area contributed by atoms with Gasteiger partial charge in [-0.25, -0.2) is 14.6 Å². The number of rotatable bonds is 6. The first kappa shape index (κ1) is 35.0. The van der Waals surface area contributed by atoms with Gasteiger partial charge in [0.05, 0.1) is 40.4 Å². The Morgan fingerprint density at radius 1 is 1.04 bits per heavy atom. The van der Waals surface area contributed by atoms with Gasteiger partial charge in [-0.1, -0.05) is 18.2 Å². The van der Waals surface area contributed by atoms with E-state index in [4.69, 9.17) is 4.74 Å². The second kappa shape index (κ2) is 12.0. The van der Waals surface area contributed by atoms with Crippen LogP contribution in [0.3, 0.4) is 0 Å². The lowest BCUT2D eigenvalue weighted by Gasteiger charge is -2.36. The normalized spacial score (nSPS) is 22.0. The molecule has 1 aliphatic carbocycles. The molecule has 2 unspecified atom stereocenters. The molecule has 1 aliphatic heterocycles. The molecule has 1 amide bonds. The molecule has 5 rings (SSSR count). The number of carboxylic acids is 1. The number of aromatic nitrogens is 1. The third kappa shape index (κ3) is 6.66. The quantitative estimate of drug-likeness (QED) is 0.259. The van der Waals surface area contributed by atoms with E-state index in [0.717, 1.165) is 34.4 Å². The van der Waals surface area contributed by atoms with E-state index in [0.29, 0.717) is 29.8 Å². The first-order valence-electron chi connectivity index (χ1n) is 14.1. The van der Waals surface area contributed by atoms with Crippen molar-refractivity contribution in [3.8, 4) is 21.8 Å². The molecule has 0 radical (unpaired) electrons. The number of amides is 1. The van der Waals surface area contributed by atoms with E-state index >= 15 is 0 Å². The van der Waals surface area contributed by atoms with Gasteiger partial charge >= 0.3 is 30.6 Å². The number of thiazole rings is 1. The lowest BCUT2D eigenvalue weighted by atomic mass is 9.75. The van der Waals surface area contributed by atoms with Crippen molar-refractivity contribution in [3.63, 3.8) is 0 Å². The van der Waals surface area contributed by atoms with Crippen molar-refractivity contribution in [2.45, 2.75) is 64.4 Å². The molecule has 0 spiro atoms. The van der Waals surface area contributed by atoms with Gasteiger partial charge in [0.1, 0.15) is 11.1 Å². The van der Waals surface area contributed by atoms with Crippen LogP contribution in [0.4, 0.5) is 44.3 Å². The van der Waals surface area contributed by atoms with Crippen molar-refractivity contribution >= 4 is 23.4 Å². The molecule has 3 atom stereocenters. The second-order valence-electron chi connectivity index (χ2n) is 11.8. The topological polar surface area (TPSA) is 79.7 Å². The predicted molar refractivity (Wildman–Crippen MR) is 156 cm³/mol. The van der Waals surface area contributed by atoms with E-state index < -0.39 is 77.8 Å². The molecule has 0 bridgehead atoms. The van der Waals surface area contributed by atoms with Crippen LogP contribution in [0.1, 0.15) is 47.3 Å². The molecule has 256 valence electrons. The van der Waals surface area contributed by atoms with Crippen molar-refractivity contribution < 1.29 is 58.9 Å². The summed E-state index contributed by atoms with van der Waals surface area (Å²) in [6, 6.07) is 5.94. The highest BCUT2D eigenvalue weighted by Crippen LogP contribution is 2.51. The number of carboxylic acid groups (broad SMARTS) is 1. The maximum absolute atomic E-state index is 13.9. The molecule has 1 saturated heterocycles. The molecular formula is C32H25F9N2O4S. The summed E-state index contributed by atoms with van der Waals surface area (Å²) in [7, 11) is 0. The Balaban J connectivity index is 1.50. The molecule has 2 aromatic carbocycles. The Morgan fingerprint density at radius 3 is 2.29 bits per heavy atom. The highest BCUT2D eigenvalue weighted by atomic mass is 32.1. The number of nitrogens with zero attached hydrogens (tertiary/aromatic N) is 2. The molecule has 0 saturated carbocycles. The number of alkyl halides is 9. The summed E-state index contributed by atoms with van der Waals surface area (Å²) in [6.45, 7) is 3.05. The number of ether oxygens (including phenoxy) is 1.